The van der Waals surface area contributed by atoms with Crippen molar-refractivity contribution in [3.63, 3.8) is 0 Å². The van der Waals surface area contributed by atoms with E-state index in [2.05, 4.69) is 0 Å². The number of hydrogen-bond donors (Lipinski definition) is 0. The van der Waals surface area contributed by atoms with Crippen LogP contribution in [-0.2, 0) is 11.3 Å². The number of aryl methyl sites for hydroxylation is 2. The van der Waals surface area contributed by atoms with E-state index in [1.807, 2.05) is 61.7 Å². The fourth-order valence-electron chi connectivity index (χ4n) is 2.74. The molecular weight excluding hydrogens is 366 g/mol. The van der Waals surface area contributed by atoms with Crippen LogP contribution in [0.25, 0.3) is 0 Å². The number of benzene rings is 2. The van der Waals surface area contributed by atoms with Crippen molar-refractivity contribution in [2.45, 2.75) is 20.4 Å². The van der Waals surface area contributed by atoms with Crippen molar-refractivity contribution in [1.82, 2.24) is 0 Å². The number of anilines is 1. The highest BCUT2D eigenvalue weighted by Gasteiger charge is 2.18. The number of para-hydroxylation sites is 1. The van der Waals surface area contributed by atoms with Gasteiger partial charge in [-0.05, 0) is 60.7 Å². The number of ether oxygens (including phenoxy) is 1. The summed E-state index contributed by atoms with van der Waals surface area (Å²) in [4.78, 5) is 15.8. The molecule has 0 saturated carbocycles. The highest BCUT2D eigenvalue weighted by atomic mass is 35.5. The van der Waals surface area contributed by atoms with E-state index < -0.39 is 0 Å². The van der Waals surface area contributed by atoms with E-state index in [0.29, 0.717) is 11.6 Å². The van der Waals surface area contributed by atoms with Crippen LogP contribution in [0.5, 0.6) is 5.75 Å². The van der Waals surface area contributed by atoms with Crippen LogP contribution in [0, 0.1) is 13.8 Å². The van der Waals surface area contributed by atoms with Crippen LogP contribution in [-0.4, -0.2) is 12.5 Å². The van der Waals surface area contributed by atoms with Crippen LogP contribution < -0.4 is 9.64 Å². The Morgan fingerprint density at radius 1 is 1.04 bits per heavy atom. The zero-order valence-corrected chi connectivity index (χ0v) is 16.3. The van der Waals surface area contributed by atoms with Gasteiger partial charge in [0.1, 0.15) is 5.75 Å². The van der Waals surface area contributed by atoms with Gasteiger partial charge in [0.15, 0.2) is 6.61 Å². The summed E-state index contributed by atoms with van der Waals surface area (Å²) in [5.41, 5.74) is 2.85. The van der Waals surface area contributed by atoms with Crippen LogP contribution in [0.1, 0.15) is 16.0 Å². The molecule has 0 unspecified atom stereocenters. The zero-order valence-electron chi connectivity index (χ0n) is 14.7. The standard InChI is InChI=1S/C21H20ClNO2S/c1-15-5-3-6-16(2)21(15)25-14-20(24)23(13-19-7-4-12-26-19)18-10-8-17(22)9-11-18/h3-12H,13-14H2,1-2H3. The highest BCUT2D eigenvalue weighted by molar-refractivity contribution is 7.09. The average Bonchev–Trinajstić information content (AvgIpc) is 3.13. The summed E-state index contributed by atoms with van der Waals surface area (Å²) in [7, 11) is 0. The van der Waals surface area contributed by atoms with Gasteiger partial charge in [0.2, 0.25) is 0 Å². The normalized spacial score (nSPS) is 10.6. The lowest BCUT2D eigenvalue weighted by atomic mass is 10.1. The maximum atomic E-state index is 12.9. The third kappa shape index (κ3) is 4.45. The van der Waals surface area contributed by atoms with Gasteiger partial charge < -0.3 is 9.64 Å². The largest absolute Gasteiger partial charge is 0.483 e. The summed E-state index contributed by atoms with van der Waals surface area (Å²) in [6, 6.07) is 17.2. The summed E-state index contributed by atoms with van der Waals surface area (Å²) >= 11 is 7.61. The van der Waals surface area contributed by atoms with Gasteiger partial charge in [0.05, 0.1) is 6.54 Å². The molecule has 26 heavy (non-hydrogen) atoms. The smallest absolute Gasteiger partial charge is 0.265 e. The molecular formula is C21H20ClNO2S. The molecule has 0 spiro atoms. The van der Waals surface area contributed by atoms with E-state index in [0.717, 1.165) is 27.4 Å². The van der Waals surface area contributed by atoms with Gasteiger partial charge in [0.25, 0.3) is 5.91 Å². The van der Waals surface area contributed by atoms with Crippen molar-refractivity contribution in [1.29, 1.82) is 0 Å². The average molecular weight is 386 g/mol. The quantitative estimate of drug-likeness (QED) is 0.550. The lowest BCUT2D eigenvalue weighted by molar-refractivity contribution is -0.120. The van der Waals surface area contributed by atoms with E-state index in [1.165, 1.54) is 0 Å². The summed E-state index contributed by atoms with van der Waals surface area (Å²) in [6.45, 7) is 4.46. The van der Waals surface area contributed by atoms with E-state index >= 15 is 0 Å². The molecule has 134 valence electrons. The van der Waals surface area contributed by atoms with Crippen molar-refractivity contribution < 1.29 is 9.53 Å². The van der Waals surface area contributed by atoms with Gasteiger partial charge in [-0.1, -0.05) is 35.9 Å². The summed E-state index contributed by atoms with van der Waals surface area (Å²) in [6.07, 6.45) is 0. The molecule has 0 aliphatic heterocycles. The third-order valence-corrected chi connectivity index (χ3v) is 5.20. The molecule has 0 aliphatic rings. The Balaban J connectivity index is 1.79. The molecule has 1 amide bonds. The minimum Gasteiger partial charge on any atom is -0.483 e. The second-order valence-electron chi connectivity index (χ2n) is 6.05. The SMILES string of the molecule is Cc1cccc(C)c1OCC(=O)N(Cc1cccs1)c1ccc(Cl)cc1. The first-order chi connectivity index (χ1) is 12.5. The molecule has 0 fully saturated rings. The van der Waals surface area contributed by atoms with Crippen molar-refractivity contribution in [3.8, 4) is 5.75 Å². The molecule has 0 aliphatic carbocycles. The van der Waals surface area contributed by atoms with Crippen LogP contribution >= 0.6 is 22.9 Å². The Kier molecular flexibility index (Phi) is 5.96. The summed E-state index contributed by atoms with van der Waals surface area (Å²) in [5.74, 6) is 0.677. The first-order valence-corrected chi connectivity index (χ1v) is 9.57. The molecule has 0 bridgehead atoms. The topological polar surface area (TPSA) is 29.5 Å². The number of thiophene rings is 1. The van der Waals surface area contributed by atoms with Gasteiger partial charge in [-0.2, -0.15) is 0 Å². The van der Waals surface area contributed by atoms with Gasteiger partial charge in [-0.25, -0.2) is 0 Å². The second-order valence-corrected chi connectivity index (χ2v) is 7.51. The number of hydrogen-bond acceptors (Lipinski definition) is 3. The Labute approximate surface area is 162 Å². The van der Waals surface area contributed by atoms with Crippen molar-refractivity contribution >= 4 is 34.5 Å². The lowest BCUT2D eigenvalue weighted by Gasteiger charge is -2.23. The van der Waals surface area contributed by atoms with E-state index in [9.17, 15) is 4.79 Å². The summed E-state index contributed by atoms with van der Waals surface area (Å²) < 4.78 is 5.86. The van der Waals surface area contributed by atoms with Crippen LogP contribution in [0.4, 0.5) is 5.69 Å². The molecule has 0 radical (unpaired) electrons. The first kappa shape index (κ1) is 18.5. The van der Waals surface area contributed by atoms with Crippen LogP contribution in [0.3, 0.4) is 0 Å². The van der Waals surface area contributed by atoms with Crippen LogP contribution in [0.15, 0.2) is 60.0 Å². The van der Waals surface area contributed by atoms with E-state index in [4.69, 9.17) is 16.3 Å². The molecule has 1 aromatic heterocycles. The molecule has 2 aromatic carbocycles. The van der Waals surface area contributed by atoms with Gasteiger partial charge in [0, 0.05) is 15.6 Å². The third-order valence-electron chi connectivity index (χ3n) is 4.08. The molecule has 5 heteroatoms. The number of halogens is 1. The number of nitrogens with zero attached hydrogens (tertiary/aromatic N) is 1. The Hall–Kier alpha value is -2.30. The maximum absolute atomic E-state index is 12.9. The zero-order chi connectivity index (χ0) is 18.5. The van der Waals surface area contributed by atoms with E-state index in [-0.39, 0.29) is 12.5 Å². The minimum atomic E-state index is -0.0941. The number of carbonyl (C=O) groups excluding carboxylic acids is 1. The fourth-order valence-corrected chi connectivity index (χ4v) is 3.56. The predicted octanol–water partition coefficient (Wildman–Crippen LogP) is 5.63. The van der Waals surface area contributed by atoms with Crippen molar-refractivity contribution in [2.75, 3.05) is 11.5 Å². The number of carbonyl (C=O) groups is 1. The molecule has 1 heterocycles. The Bertz CT molecular complexity index is 855. The number of rotatable bonds is 6. The monoisotopic (exact) mass is 385 g/mol. The number of amides is 1. The highest BCUT2D eigenvalue weighted by Crippen LogP contribution is 2.24. The lowest BCUT2D eigenvalue weighted by Crippen LogP contribution is -2.34. The van der Waals surface area contributed by atoms with Crippen molar-refractivity contribution in [3.05, 3.63) is 81.0 Å². The van der Waals surface area contributed by atoms with Gasteiger partial charge in [-0.3, -0.25) is 4.79 Å². The molecule has 3 rings (SSSR count). The molecule has 0 saturated heterocycles. The molecule has 3 nitrogen and oxygen atoms in total. The Morgan fingerprint density at radius 2 is 1.73 bits per heavy atom. The van der Waals surface area contributed by atoms with Crippen molar-refractivity contribution in [2.24, 2.45) is 0 Å². The molecule has 3 aromatic rings. The van der Waals surface area contributed by atoms with E-state index in [1.54, 1.807) is 28.4 Å². The molecule has 0 N–H and O–H groups in total. The fraction of sp³-hybridized carbons (Fsp3) is 0.190. The van der Waals surface area contributed by atoms with Gasteiger partial charge >= 0.3 is 0 Å². The minimum absolute atomic E-state index is 0.0142. The second kappa shape index (κ2) is 8.39. The maximum Gasteiger partial charge on any atom is 0.265 e. The summed E-state index contributed by atoms with van der Waals surface area (Å²) in [5, 5.41) is 2.65. The van der Waals surface area contributed by atoms with Crippen LogP contribution in [0.2, 0.25) is 5.02 Å². The molecule has 0 atom stereocenters. The van der Waals surface area contributed by atoms with Gasteiger partial charge in [-0.15, -0.1) is 11.3 Å². The Morgan fingerprint density at radius 3 is 2.35 bits per heavy atom. The first-order valence-electron chi connectivity index (χ1n) is 8.32. The predicted molar refractivity (Wildman–Crippen MR) is 108 cm³/mol.